The summed E-state index contributed by atoms with van der Waals surface area (Å²) in [6.07, 6.45) is 3.60. The maximum atomic E-state index is 8.83. The molecule has 0 spiro atoms. The van der Waals surface area contributed by atoms with Gasteiger partial charge < -0.3 is 5.32 Å². The number of nitrogens with one attached hydrogen (secondary N) is 1. The predicted octanol–water partition coefficient (Wildman–Crippen LogP) is 3.13. The van der Waals surface area contributed by atoms with Gasteiger partial charge in [0.1, 0.15) is 0 Å². The third kappa shape index (κ3) is 2.82. The SMILES string of the molecule is CC(Nc1cccc(C#N)c1)c1cccnc1. The third-order valence-corrected chi connectivity index (χ3v) is 2.56. The van der Waals surface area contributed by atoms with Crippen molar-refractivity contribution in [1.29, 1.82) is 5.26 Å². The minimum absolute atomic E-state index is 0.164. The molecule has 2 rings (SSSR count). The summed E-state index contributed by atoms with van der Waals surface area (Å²) in [5.74, 6) is 0. The Morgan fingerprint density at radius 2 is 2.18 bits per heavy atom. The molecule has 0 aliphatic rings. The lowest BCUT2D eigenvalue weighted by Crippen LogP contribution is -2.06. The van der Waals surface area contributed by atoms with E-state index in [4.69, 9.17) is 5.26 Å². The topological polar surface area (TPSA) is 48.7 Å². The molecule has 3 heteroatoms. The van der Waals surface area contributed by atoms with Crippen LogP contribution in [0.4, 0.5) is 5.69 Å². The van der Waals surface area contributed by atoms with Crippen LogP contribution in [0.5, 0.6) is 0 Å². The molecule has 1 N–H and O–H groups in total. The Balaban J connectivity index is 2.13. The standard InChI is InChI=1S/C14H13N3/c1-11(13-5-3-7-16-10-13)17-14-6-2-4-12(8-14)9-15/h2-8,10-11,17H,1H3. The van der Waals surface area contributed by atoms with Crippen LogP contribution in [0.2, 0.25) is 0 Å². The van der Waals surface area contributed by atoms with Crippen molar-refractivity contribution in [2.24, 2.45) is 0 Å². The quantitative estimate of drug-likeness (QED) is 0.869. The second-order valence-electron chi connectivity index (χ2n) is 3.84. The van der Waals surface area contributed by atoms with Gasteiger partial charge in [0.05, 0.1) is 17.7 Å². The molecule has 0 saturated heterocycles. The summed E-state index contributed by atoms with van der Waals surface area (Å²) in [6.45, 7) is 2.07. The molecule has 0 radical (unpaired) electrons. The van der Waals surface area contributed by atoms with Crippen molar-refractivity contribution >= 4 is 5.69 Å². The Kier molecular flexibility index (Phi) is 3.37. The minimum atomic E-state index is 0.164. The van der Waals surface area contributed by atoms with Gasteiger partial charge in [-0.05, 0) is 36.8 Å². The van der Waals surface area contributed by atoms with Gasteiger partial charge in [-0.3, -0.25) is 4.98 Å². The number of hydrogen-bond donors (Lipinski definition) is 1. The lowest BCUT2D eigenvalue weighted by molar-refractivity contribution is 0.875. The number of nitriles is 1. The van der Waals surface area contributed by atoms with Gasteiger partial charge in [-0.25, -0.2) is 0 Å². The van der Waals surface area contributed by atoms with E-state index in [0.29, 0.717) is 5.56 Å². The summed E-state index contributed by atoms with van der Waals surface area (Å²) >= 11 is 0. The van der Waals surface area contributed by atoms with Gasteiger partial charge in [-0.1, -0.05) is 12.1 Å². The summed E-state index contributed by atoms with van der Waals surface area (Å²) in [7, 11) is 0. The smallest absolute Gasteiger partial charge is 0.0992 e. The molecule has 1 atom stereocenters. The lowest BCUT2D eigenvalue weighted by Gasteiger charge is -2.15. The number of benzene rings is 1. The second-order valence-corrected chi connectivity index (χ2v) is 3.84. The van der Waals surface area contributed by atoms with Crippen LogP contribution >= 0.6 is 0 Å². The Morgan fingerprint density at radius 1 is 1.29 bits per heavy atom. The van der Waals surface area contributed by atoms with E-state index in [9.17, 15) is 0 Å². The first kappa shape index (κ1) is 11.2. The Bertz CT molecular complexity index is 529. The zero-order chi connectivity index (χ0) is 12.1. The molecule has 1 unspecified atom stereocenters. The molecular formula is C14H13N3. The average molecular weight is 223 g/mol. The molecule has 0 aliphatic heterocycles. The molecule has 0 aliphatic carbocycles. The number of aromatic nitrogens is 1. The van der Waals surface area contributed by atoms with Crippen LogP contribution in [0.1, 0.15) is 24.1 Å². The van der Waals surface area contributed by atoms with E-state index in [1.165, 1.54) is 0 Å². The molecule has 0 saturated carbocycles. The van der Waals surface area contributed by atoms with E-state index in [-0.39, 0.29) is 6.04 Å². The van der Waals surface area contributed by atoms with Crippen LogP contribution < -0.4 is 5.32 Å². The van der Waals surface area contributed by atoms with E-state index in [1.807, 2.05) is 36.5 Å². The molecule has 3 nitrogen and oxygen atoms in total. The van der Waals surface area contributed by atoms with Crippen molar-refractivity contribution in [1.82, 2.24) is 4.98 Å². The van der Waals surface area contributed by atoms with Crippen molar-refractivity contribution in [2.75, 3.05) is 5.32 Å². The molecule has 1 aromatic carbocycles. The van der Waals surface area contributed by atoms with Gasteiger partial charge in [-0.15, -0.1) is 0 Å². The fourth-order valence-electron chi connectivity index (χ4n) is 1.64. The van der Waals surface area contributed by atoms with E-state index < -0.39 is 0 Å². The number of hydrogen-bond acceptors (Lipinski definition) is 3. The number of rotatable bonds is 3. The third-order valence-electron chi connectivity index (χ3n) is 2.56. The van der Waals surface area contributed by atoms with E-state index >= 15 is 0 Å². The highest BCUT2D eigenvalue weighted by Gasteiger charge is 2.04. The van der Waals surface area contributed by atoms with Crippen LogP contribution in [0.3, 0.4) is 0 Å². The number of anilines is 1. The highest BCUT2D eigenvalue weighted by Crippen LogP contribution is 2.18. The van der Waals surface area contributed by atoms with Gasteiger partial charge >= 0.3 is 0 Å². The highest BCUT2D eigenvalue weighted by molar-refractivity contribution is 5.50. The van der Waals surface area contributed by atoms with Crippen LogP contribution in [-0.4, -0.2) is 4.98 Å². The molecule has 1 heterocycles. The second kappa shape index (κ2) is 5.13. The first-order chi connectivity index (χ1) is 8.29. The molecule has 1 aromatic heterocycles. The van der Waals surface area contributed by atoms with E-state index in [2.05, 4.69) is 23.3 Å². The maximum absolute atomic E-state index is 8.83. The lowest BCUT2D eigenvalue weighted by atomic mass is 10.1. The summed E-state index contributed by atoms with van der Waals surface area (Å²) in [5, 5.41) is 12.2. The van der Waals surface area contributed by atoms with Crippen molar-refractivity contribution in [3.8, 4) is 6.07 Å². The molecule has 84 valence electrons. The molecule has 0 amide bonds. The molecule has 2 aromatic rings. The summed E-state index contributed by atoms with van der Waals surface area (Å²) < 4.78 is 0. The maximum Gasteiger partial charge on any atom is 0.0992 e. The monoisotopic (exact) mass is 223 g/mol. The molecule has 0 fully saturated rings. The fraction of sp³-hybridized carbons (Fsp3) is 0.143. The minimum Gasteiger partial charge on any atom is -0.378 e. The Hall–Kier alpha value is -2.34. The van der Waals surface area contributed by atoms with E-state index in [0.717, 1.165) is 11.3 Å². The highest BCUT2D eigenvalue weighted by atomic mass is 14.9. The van der Waals surface area contributed by atoms with Crippen LogP contribution in [0, 0.1) is 11.3 Å². The van der Waals surface area contributed by atoms with Crippen molar-refractivity contribution in [3.63, 3.8) is 0 Å². The van der Waals surface area contributed by atoms with Crippen LogP contribution in [0.15, 0.2) is 48.8 Å². The molecule has 17 heavy (non-hydrogen) atoms. The van der Waals surface area contributed by atoms with Crippen molar-refractivity contribution in [2.45, 2.75) is 13.0 Å². The zero-order valence-corrected chi connectivity index (χ0v) is 9.59. The first-order valence-electron chi connectivity index (χ1n) is 5.46. The molecule has 0 bridgehead atoms. The average Bonchev–Trinajstić information content (AvgIpc) is 2.40. The van der Waals surface area contributed by atoms with Crippen molar-refractivity contribution in [3.05, 3.63) is 59.9 Å². The van der Waals surface area contributed by atoms with Gasteiger partial charge in [0.25, 0.3) is 0 Å². The number of pyridine rings is 1. The normalized spacial score (nSPS) is 11.5. The fourth-order valence-corrected chi connectivity index (χ4v) is 1.64. The molecular weight excluding hydrogens is 210 g/mol. The largest absolute Gasteiger partial charge is 0.378 e. The van der Waals surface area contributed by atoms with Gasteiger partial charge in [-0.2, -0.15) is 5.26 Å². The first-order valence-corrected chi connectivity index (χ1v) is 5.46. The number of nitrogens with zero attached hydrogens (tertiary/aromatic N) is 2. The van der Waals surface area contributed by atoms with Gasteiger partial charge in [0, 0.05) is 18.1 Å². The Labute approximate surface area is 101 Å². The summed E-state index contributed by atoms with van der Waals surface area (Å²) in [5.41, 5.74) is 2.73. The zero-order valence-electron chi connectivity index (χ0n) is 9.59. The predicted molar refractivity (Wildman–Crippen MR) is 67.4 cm³/mol. The van der Waals surface area contributed by atoms with Gasteiger partial charge in [0.15, 0.2) is 0 Å². The summed E-state index contributed by atoms with van der Waals surface area (Å²) in [6, 6.07) is 13.7. The van der Waals surface area contributed by atoms with Crippen LogP contribution in [0.25, 0.3) is 0 Å². The summed E-state index contributed by atoms with van der Waals surface area (Å²) in [4.78, 5) is 4.09. The van der Waals surface area contributed by atoms with Crippen molar-refractivity contribution < 1.29 is 0 Å². The van der Waals surface area contributed by atoms with Crippen LogP contribution in [-0.2, 0) is 0 Å². The van der Waals surface area contributed by atoms with Gasteiger partial charge in [0.2, 0.25) is 0 Å². The Morgan fingerprint density at radius 3 is 2.88 bits per heavy atom. The van der Waals surface area contributed by atoms with E-state index in [1.54, 1.807) is 12.3 Å².